The van der Waals surface area contributed by atoms with Crippen LogP contribution in [0.5, 0.6) is 0 Å². The average molecular weight is 1390 g/mol. The number of rotatable bonds is 28. The standard InChI is InChI=1S/C81H99N9O12/c1-51(2)72(88-69(93)37-44-101-43-12-19-62(91)33-36-71(95)90-49-58-17-8-7-15-53(58)23-24-56-16-9-10-20-65(56)90)66(92)45-57(18-11-42-84-76(83)99)73(96)86-59-29-21-52(22-30-59)50-102-77(100)87-61-32-26-55-28-35-68-79(4,64(55)47-61)39-14-41-81(68,6)75(98)89-74(97)80(5)40-13-38-78(3)63-46-60(85-70(94)48-82)31-25-54(63)27-34-67(78)80/h7-10,15-17,20-22,25-26,29-32,46-47,51,57,67-68,72H,11-14,18-19,27-28,33-45,48-50,82H2,1-6H3,(H,85,94)(H,86,96)(H,87,100)(H,88,93)(H3,83,84,99)(H,89,97,98)/t57-,67-,68-,72+,78-,79-,80+,81+/m1/s1. The molecule has 2 fully saturated rings. The number of aryl methyl sites for hydroxylation is 2. The molecule has 5 aromatic rings. The summed E-state index contributed by atoms with van der Waals surface area (Å²) in [6, 6.07) is 32.2. The number of ether oxygens (including phenoxy) is 2. The molecule has 0 spiro atoms. The van der Waals surface area contributed by atoms with E-state index in [1.807, 2.05) is 92.7 Å². The average Bonchev–Trinajstić information content (AvgIpc) is 0.724. The molecule has 1 heterocycles. The fourth-order valence-corrected chi connectivity index (χ4v) is 16.9. The van der Waals surface area contributed by atoms with Crippen LogP contribution in [0.25, 0.3) is 0 Å². The second-order valence-corrected chi connectivity index (χ2v) is 29.7. The lowest BCUT2D eigenvalue weighted by Gasteiger charge is -2.56. The molecule has 1 aliphatic heterocycles. The maximum absolute atomic E-state index is 14.9. The maximum atomic E-state index is 14.9. The third kappa shape index (κ3) is 17.5. The van der Waals surface area contributed by atoms with Gasteiger partial charge < -0.3 is 47.1 Å². The smallest absolute Gasteiger partial charge is 0.411 e. The van der Waals surface area contributed by atoms with Crippen molar-refractivity contribution in [2.75, 3.05) is 47.2 Å². The molecule has 10 rings (SSSR count). The summed E-state index contributed by atoms with van der Waals surface area (Å²) in [6.45, 7) is 12.6. The van der Waals surface area contributed by atoms with E-state index in [0.29, 0.717) is 60.5 Å². The van der Waals surface area contributed by atoms with Crippen molar-refractivity contribution in [3.8, 4) is 11.8 Å². The van der Waals surface area contributed by atoms with E-state index >= 15 is 0 Å². The number of imide groups is 1. The van der Waals surface area contributed by atoms with E-state index in [0.717, 1.165) is 84.7 Å². The first-order valence-electron chi connectivity index (χ1n) is 36.2. The third-order valence-electron chi connectivity index (χ3n) is 22.5. The lowest BCUT2D eigenvalue weighted by molar-refractivity contribution is -0.150. The number of carbonyl (C=O) groups is 10. The van der Waals surface area contributed by atoms with Crippen molar-refractivity contribution < 1.29 is 57.4 Å². The van der Waals surface area contributed by atoms with Crippen LogP contribution in [0, 0.1) is 46.3 Å². The molecule has 5 aromatic carbocycles. The molecular formula is C81H99N9O12. The molecule has 8 atom stereocenters. The normalized spacial score (nSPS) is 22.0. The van der Waals surface area contributed by atoms with Gasteiger partial charge in [0.2, 0.25) is 35.4 Å². The maximum Gasteiger partial charge on any atom is 0.411 e. The Bertz CT molecular complexity index is 4070. The Balaban J connectivity index is 0.672. The number of primary amides is 1. The van der Waals surface area contributed by atoms with E-state index in [4.69, 9.17) is 20.9 Å². The first-order valence-corrected chi connectivity index (χ1v) is 36.2. The van der Waals surface area contributed by atoms with Crippen molar-refractivity contribution in [3.05, 3.63) is 154 Å². The summed E-state index contributed by atoms with van der Waals surface area (Å²) in [5.41, 5.74) is 18.6. The number of urea groups is 1. The number of hydrogen-bond donors (Lipinski definition) is 8. The number of nitrogens with one attached hydrogen (secondary N) is 6. The summed E-state index contributed by atoms with van der Waals surface area (Å²) >= 11 is 0. The number of ketones is 2. The monoisotopic (exact) mass is 1390 g/mol. The number of fused-ring (bicyclic) bond motifs is 8. The van der Waals surface area contributed by atoms with Gasteiger partial charge in [-0.3, -0.25) is 49.0 Å². The highest BCUT2D eigenvalue weighted by atomic mass is 16.5. The Labute approximate surface area is 598 Å². The van der Waals surface area contributed by atoms with E-state index in [-0.39, 0.29) is 130 Å². The Morgan fingerprint density at radius 2 is 1.23 bits per heavy atom. The molecule has 0 bridgehead atoms. The minimum absolute atomic E-state index is 0.0254. The van der Waals surface area contributed by atoms with Crippen molar-refractivity contribution in [3.63, 3.8) is 0 Å². The zero-order valence-corrected chi connectivity index (χ0v) is 59.8. The molecular weight excluding hydrogens is 1290 g/mol. The van der Waals surface area contributed by atoms with Crippen molar-refractivity contribution >= 4 is 81.9 Å². The summed E-state index contributed by atoms with van der Waals surface area (Å²) in [4.78, 5) is 136. The van der Waals surface area contributed by atoms with Crippen LogP contribution in [0.1, 0.15) is 189 Å². The number of benzene rings is 5. The summed E-state index contributed by atoms with van der Waals surface area (Å²) in [7, 11) is 0. The Morgan fingerprint density at radius 3 is 1.85 bits per heavy atom. The van der Waals surface area contributed by atoms with E-state index < -0.39 is 52.1 Å². The Kier molecular flexibility index (Phi) is 24.4. The quantitative estimate of drug-likeness (QED) is 0.0131. The number of Topliss-reactive ketones (excluding diaryl/α,β-unsaturated/α-hetero) is 2. The summed E-state index contributed by atoms with van der Waals surface area (Å²) in [5.74, 6) is 2.91. The first kappa shape index (κ1) is 75.2. The van der Waals surface area contributed by atoms with E-state index in [1.165, 1.54) is 5.56 Å². The van der Waals surface area contributed by atoms with Gasteiger partial charge in [-0.2, -0.15) is 0 Å². The van der Waals surface area contributed by atoms with Gasteiger partial charge in [-0.05, 0) is 187 Å². The van der Waals surface area contributed by atoms with E-state index in [1.54, 1.807) is 43.0 Å². The molecule has 540 valence electrons. The second kappa shape index (κ2) is 33.1. The molecule has 0 unspecified atom stereocenters. The lowest BCUT2D eigenvalue weighted by Crippen LogP contribution is -2.60. The molecule has 4 aliphatic carbocycles. The summed E-state index contributed by atoms with van der Waals surface area (Å²) in [6.07, 6.45) is 8.02. The highest BCUT2D eigenvalue weighted by Gasteiger charge is 2.59. The largest absolute Gasteiger partial charge is 0.444 e. The van der Waals surface area contributed by atoms with Gasteiger partial charge in [0.15, 0.2) is 5.78 Å². The van der Waals surface area contributed by atoms with Crippen LogP contribution in [0.15, 0.2) is 109 Å². The summed E-state index contributed by atoms with van der Waals surface area (Å²) in [5, 5.41) is 17.1. The van der Waals surface area contributed by atoms with Crippen LogP contribution < -0.4 is 48.3 Å². The Hall–Kier alpha value is -9.52. The van der Waals surface area contributed by atoms with Crippen LogP contribution in [0.3, 0.4) is 0 Å². The summed E-state index contributed by atoms with van der Waals surface area (Å²) < 4.78 is 11.4. The second-order valence-electron chi connectivity index (χ2n) is 29.7. The SMILES string of the molecule is CC(C)[C@H](NC(=O)CCOCCCC(=O)CCC(=O)N1Cc2ccccc2C#Cc2ccccc21)C(=O)C[C@@H](CCCNC(N)=O)C(=O)Nc1ccc(COC(=O)Nc2ccc3c(c2)[C@@]2(C)CCC[C@](C)(C(=O)NC(=O)[C@@]4(C)CCC[C@]5(C)c6cc(NC(=O)CN)ccc6CC[C@@H]45)[C@@H]2CC3)cc1. The van der Waals surface area contributed by atoms with Gasteiger partial charge in [0, 0.05) is 79.4 Å². The van der Waals surface area contributed by atoms with E-state index in [9.17, 15) is 47.9 Å². The fraction of sp³-hybridized carbons (Fsp3) is 0.481. The zero-order valence-electron chi connectivity index (χ0n) is 59.8. The van der Waals surface area contributed by atoms with Gasteiger partial charge in [-0.1, -0.05) is 121 Å². The predicted molar refractivity (Wildman–Crippen MR) is 391 cm³/mol. The highest BCUT2D eigenvalue weighted by molar-refractivity contribution is 6.02. The molecule has 10 N–H and O–H groups in total. The lowest BCUT2D eigenvalue weighted by atomic mass is 9.49. The van der Waals surface area contributed by atoms with Crippen molar-refractivity contribution in [2.45, 2.75) is 187 Å². The number of nitrogens with zero attached hydrogens (tertiary/aromatic N) is 1. The number of amides is 9. The minimum Gasteiger partial charge on any atom is -0.444 e. The highest BCUT2D eigenvalue weighted by Crippen LogP contribution is 2.60. The number of anilines is 4. The van der Waals surface area contributed by atoms with Gasteiger partial charge in [0.25, 0.3) is 0 Å². The molecule has 0 aromatic heterocycles. The zero-order chi connectivity index (χ0) is 72.9. The van der Waals surface area contributed by atoms with Crippen molar-refractivity contribution in [1.29, 1.82) is 0 Å². The van der Waals surface area contributed by atoms with Crippen LogP contribution >= 0.6 is 0 Å². The molecule has 9 amide bonds. The molecule has 21 heteroatoms. The van der Waals surface area contributed by atoms with Gasteiger partial charge in [-0.25, -0.2) is 9.59 Å². The van der Waals surface area contributed by atoms with Crippen LogP contribution in [-0.2, 0) is 84.7 Å². The first-order chi connectivity index (χ1) is 48.8. The predicted octanol–water partition coefficient (Wildman–Crippen LogP) is 11.3. The number of nitrogens with two attached hydrogens (primary N) is 2. The molecule has 2 saturated carbocycles. The topological polar surface area (TPSA) is 317 Å². The molecule has 0 radical (unpaired) electrons. The van der Waals surface area contributed by atoms with Gasteiger partial charge >= 0.3 is 12.1 Å². The van der Waals surface area contributed by atoms with Crippen LogP contribution in [-0.4, -0.2) is 91.5 Å². The van der Waals surface area contributed by atoms with Crippen molar-refractivity contribution in [2.24, 2.45) is 46.0 Å². The number of hydrogen-bond acceptors (Lipinski definition) is 13. The van der Waals surface area contributed by atoms with Crippen LogP contribution in [0.4, 0.5) is 32.3 Å². The molecule has 5 aliphatic rings. The number of carbonyl (C=O) groups excluding carboxylic acids is 10. The van der Waals surface area contributed by atoms with Crippen molar-refractivity contribution in [1.82, 2.24) is 16.0 Å². The van der Waals surface area contributed by atoms with Crippen LogP contribution in [0.2, 0.25) is 0 Å². The van der Waals surface area contributed by atoms with Gasteiger partial charge in [-0.15, -0.1) is 0 Å². The molecule has 102 heavy (non-hydrogen) atoms. The van der Waals surface area contributed by atoms with Gasteiger partial charge in [0.05, 0.1) is 42.3 Å². The number of para-hydroxylation sites is 1. The van der Waals surface area contributed by atoms with E-state index in [2.05, 4.69) is 63.7 Å². The third-order valence-corrected chi connectivity index (χ3v) is 22.5. The van der Waals surface area contributed by atoms with Gasteiger partial charge in [0.1, 0.15) is 12.4 Å². The Morgan fingerprint density at radius 1 is 0.627 bits per heavy atom. The minimum atomic E-state index is -0.915. The molecule has 21 nitrogen and oxygen atoms in total. The molecule has 0 saturated heterocycles. The fourth-order valence-electron chi connectivity index (χ4n) is 16.9.